The largest absolute Gasteiger partial charge is 0.478 e. The highest BCUT2D eigenvalue weighted by Gasteiger charge is 2.00. The van der Waals surface area contributed by atoms with Crippen LogP contribution in [-0.4, -0.2) is 19.5 Å². The molecule has 1 aromatic rings. The van der Waals surface area contributed by atoms with Gasteiger partial charge in [-0.05, 0) is 17.2 Å². The number of carboxylic acid groups (broad SMARTS) is 1. The van der Waals surface area contributed by atoms with Gasteiger partial charge in [-0.15, -0.1) is 0 Å². The summed E-state index contributed by atoms with van der Waals surface area (Å²) in [6.45, 7) is 0.0990. The van der Waals surface area contributed by atoms with Gasteiger partial charge in [-0.2, -0.15) is 13.1 Å². The summed E-state index contributed by atoms with van der Waals surface area (Å²) in [5, 5.41) is 13.2. The lowest BCUT2D eigenvalue weighted by molar-refractivity contribution is -0.131. The monoisotopic (exact) mass is 256 g/mol. The van der Waals surface area contributed by atoms with Crippen molar-refractivity contribution in [1.82, 2.24) is 4.72 Å². The first-order valence-electron chi connectivity index (χ1n) is 4.64. The summed E-state index contributed by atoms with van der Waals surface area (Å²) in [5.74, 6) is -1.02. The quantitative estimate of drug-likeness (QED) is 0.648. The molecule has 0 atom stereocenters. The Morgan fingerprint density at radius 1 is 1.35 bits per heavy atom. The number of hydrogen-bond acceptors (Lipinski definition) is 3. The van der Waals surface area contributed by atoms with Gasteiger partial charge in [0.2, 0.25) is 0 Å². The van der Waals surface area contributed by atoms with Crippen LogP contribution in [-0.2, 0) is 21.5 Å². The molecule has 0 fully saturated rings. The third-order valence-electron chi connectivity index (χ3n) is 1.88. The van der Waals surface area contributed by atoms with E-state index < -0.39 is 16.2 Å². The molecule has 0 radical (unpaired) electrons. The molecule has 17 heavy (non-hydrogen) atoms. The van der Waals surface area contributed by atoms with Crippen molar-refractivity contribution in [1.29, 1.82) is 0 Å². The SMILES string of the molecule is NS(=O)(=O)NCc1ccc(/C=C/C(=O)O)cc1. The predicted octanol–water partition coefficient (Wildman–Crippen LogP) is 0.0775. The van der Waals surface area contributed by atoms with Crippen molar-refractivity contribution in [2.45, 2.75) is 6.54 Å². The number of hydrogen-bond donors (Lipinski definition) is 3. The average molecular weight is 256 g/mol. The maximum Gasteiger partial charge on any atom is 0.328 e. The van der Waals surface area contributed by atoms with Crippen LogP contribution in [0.5, 0.6) is 0 Å². The van der Waals surface area contributed by atoms with Gasteiger partial charge in [0, 0.05) is 12.6 Å². The summed E-state index contributed by atoms with van der Waals surface area (Å²) in [6.07, 6.45) is 2.47. The second kappa shape index (κ2) is 5.58. The van der Waals surface area contributed by atoms with E-state index in [9.17, 15) is 13.2 Å². The van der Waals surface area contributed by atoms with E-state index in [1.165, 1.54) is 6.08 Å². The van der Waals surface area contributed by atoms with Gasteiger partial charge in [0.15, 0.2) is 0 Å². The van der Waals surface area contributed by atoms with Gasteiger partial charge in [-0.25, -0.2) is 9.93 Å². The van der Waals surface area contributed by atoms with Crippen LogP contribution in [0.15, 0.2) is 30.3 Å². The lowest BCUT2D eigenvalue weighted by Crippen LogP contribution is -2.30. The first-order chi connectivity index (χ1) is 7.87. The van der Waals surface area contributed by atoms with Crippen LogP contribution in [0.2, 0.25) is 0 Å². The molecule has 0 heterocycles. The molecule has 1 aromatic carbocycles. The molecule has 0 spiro atoms. The van der Waals surface area contributed by atoms with E-state index in [1.807, 2.05) is 0 Å². The van der Waals surface area contributed by atoms with Crippen LogP contribution >= 0.6 is 0 Å². The second-order valence-corrected chi connectivity index (χ2v) is 4.66. The molecule has 92 valence electrons. The number of nitrogens with two attached hydrogens (primary N) is 1. The number of benzene rings is 1. The van der Waals surface area contributed by atoms with Crippen molar-refractivity contribution in [2.75, 3.05) is 0 Å². The minimum Gasteiger partial charge on any atom is -0.478 e. The maximum atomic E-state index is 10.6. The van der Waals surface area contributed by atoms with Crippen LogP contribution in [0, 0.1) is 0 Å². The van der Waals surface area contributed by atoms with Crippen LogP contribution in [0.25, 0.3) is 6.08 Å². The highest BCUT2D eigenvalue weighted by Crippen LogP contribution is 2.06. The molecular formula is C10H12N2O4S. The highest BCUT2D eigenvalue weighted by molar-refractivity contribution is 7.87. The molecule has 6 nitrogen and oxygen atoms in total. The fourth-order valence-corrected chi connectivity index (χ4v) is 1.47. The zero-order valence-electron chi connectivity index (χ0n) is 8.83. The summed E-state index contributed by atoms with van der Waals surface area (Å²) in [7, 11) is -3.70. The van der Waals surface area contributed by atoms with E-state index in [4.69, 9.17) is 10.2 Å². The predicted molar refractivity (Wildman–Crippen MR) is 63.1 cm³/mol. The van der Waals surface area contributed by atoms with E-state index in [2.05, 4.69) is 4.72 Å². The van der Waals surface area contributed by atoms with Gasteiger partial charge < -0.3 is 5.11 Å². The molecular weight excluding hydrogens is 244 g/mol. The van der Waals surface area contributed by atoms with Gasteiger partial charge in [-0.3, -0.25) is 0 Å². The summed E-state index contributed by atoms with van der Waals surface area (Å²) in [5.41, 5.74) is 1.44. The van der Waals surface area contributed by atoms with Crippen LogP contribution in [0.4, 0.5) is 0 Å². The Hall–Kier alpha value is -1.70. The van der Waals surface area contributed by atoms with E-state index in [0.29, 0.717) is 5.56 Å². The molecule has 0 aromatic heterocycles. The van der Waals surface area contributed by atoms with Crippen molar-refractivity contribution in [3.8, 4) is 0 Å². The van der Waals surface area contributed by atoms with E-state index in [-0.39, 0.29) is 6.54 Å². The topological polar surface area (TPSA) is 109 Å². The Bertz CT molecular complexity index is 520. The molecule has 0 amide bonds. The lowest BCUT2D eigenvalue weighted by atomic mass is 10.1. The summed E-state index contributed by atoms with van der Waals surface area (Å²) < 4.78 is 23.4. The van der Waals surface area contributed by atoms with Crippen molar-refractivity contribution in [3.63, 3.8) is 0 Å². The third kappa shape index (κ3) is 5.81. The first kappa shape index (κ1) is 13.4. The highest BCUT2D eigenvalue weighted by atomic mass is 32.2. The molecule has 0 bridgehead atoms. The summed E-state index contributed by atoms with van der Waals surface area (Å²) in [6, 6.07) is 6.72. The van der Waals surface area contributed by atoms with Crippen molar-refractivity contribution < 1.29 is 18.3 Å². The average Bonchev–Trinajstić information content (AvgIpc) is 2.24. The van der Waals surface area contributed by atoms with Crippen molar-refractivity contribution in [2.24, 2.45) is 5.14 Å². The Labute approximate surface area is 98.9 Å². The smallest absolute Gasteiger partial charge is 0.328 e. The van der Waals surface area contributed by atoms with Gasteiger partial charge >= 0.3 is 5.97 Å². The first-order valence-corrected chi connectivity index (χ1v) is 6.19. The Morgan fingerprint density at radius 2 is 1.94 bits per heavy atom. The fraction of sp³-hybridized carbons (Fsp3) is 0.100. The molecule has 7 heteroatoms. The molecule has 1 rings (SSSR count). The van der Waals surface area contributed by atoms with Crippen molar-refractivity contribution >= 4 is 22.3 Å². The fourth-order valence-electron chi connectivity index (χ4n) is 1.10. The van der Waals surface area contributed by atoms with Crippen LogP contribution in [0.3, 0.4) is 0 Å². The summed E-state index contributed by atoms with van der Waals surface area (Å²) >= 11 is 0. The van der Waals surface area contributed by atoms with E-state index in [0.717, 1.165) is 11.6 Å². The van der Waals surface area contributed by atoms with E-state index in [1.54, 1.807) is 24.3 Å². The minimum atomic E-state index is -3.70. The Balaban J connectivity index is 2.65. The van der Waals surface area contributed by atoms with Gasteiger partial charge in [0.05, 0.1) is 0 Å². The molecule has 0 unspecified atom stereocenters. The number of nitrogens with one attached hydrogen (secondary N) is 1. The number of carbonyl (C=O) groups is 1. The van der Waals surface area contributed by atoms with Crippen molar-refractivity contribution in [3.05, 3.63) is 41.5 Å². The lowest BCUT2D eigenvalue weighted by Gasteiger charge is -2.02. The molecule has 4 N–H and O–H groups in total. The zero-order chi connectivity index (χ0) is 12.9. The van der Waals surface area contributed by atoms with Gasteiger partial charge in [-0.1, -0.05) is 24.3 Å². The Morgan fingerprint density at radius 3 is 2.41 bits per heavy atom. The van der Waals surface area contributed by atoms with Gasteiger partial charge in [0.1, 0.15) is 0 Å². The Kier molecular flexibility index (Phi) is 4.38. The van der Waals surface area contributed by atoms with Crippen LogP contribution in [0.1, 0.15) is 11.1 Å². The van der Waals surface area contributed by atoms with E-state index >= 15 is 0 Å². The zero-order valence-corrected chi connectivity index (χ0v) is 9.65. The molecule has 0 aliphatic heterocycles. The third-order valence-corrected chi connectivity index (χ3v) is 2.42. The normalized spacial score (nSPS) is 11.8. The van der Waals surface area contributed by atoms with Gasteiger partial charge in [0.25, 0.3) is 10.2 Å². The number of aliphatic carboxylic acids is 1. The number of carboxylic acids is 1. The molecule has 0 saturated carbocycles. The molecule has 0 aliphatic rings. The van der Waals surface area contributed by atoms with Crippen LogP contribution < -0.4 is 9.86 Å². The second-order valence-electron chi connectivity index (χ2n) is 3.28. The molecule has 0 saturated heterocycles. The molecule has 0 aliphatic carbocycles. The standard InChI is InChI=1S/C10H12N2O4S/c11-17(15,16)12-7-9-3-1-8(2-4-9)5-6-10(13)14/h1-6,12H,7H2,(H,13,14)(H2,11,15,16)/b6-5+. The number of rotatable bonds is 5. The maximum absolute atomic E-state index is 10.6. The minimum absolute atomic E-state index is 0.0990. The summed E-state index contributed by atoms with van der Waals surface area (Å²) in [4.78, 5) is 10.3.